The van der Waals surface area contributed by atoms with E-state index in [1.807, 2.05) is 32.0 Å². The Labute approximate surface area is 154 Å². The highest BCUT2D eigenvalue weighted by Gasteiger charge is 2.32. The molecule has 2 heterocycles. The number of nitrogens with one attached hydrogen (secondary N) is 1. The molecule has 1 aromatic carbocycles. The molecule has 0 unspecified atom stereocenters. The fourth-order valence-electron chi connectivity index (χ4n) is 3.48. The van der Waals surface area contributed by atoms with Crippen LogP contribution in [0.25, 0.3) is 0 Å². The molecule has 1 fully saturated rings. The third-order valence-corrected chi connectivity index (χ3v) is 5.40. The Kier molecular flexibility index (Phi) is 5.16. The summed E-state index contributed by atoms with van der Waals surface area (Å²) in [5.74, 6) is 1.22. The van der Waals surface area contributed by atoms with Crippen molar-refractivity contribution in [3.8, 4) is 11.5 Å². The van der Waals surface area contributed by atoms with Crippen molar-refractivity contribution in [1.82, 2.24) is 9.62 Å². The van der Waals surface area contributed by atoms with E-state index in [-0.39, 0.29) is 24.2 Å². The van der Waals surface area contributed by atoms with Crippen LogP contribution in [-0.2, 0) is 21.2 Å². The summed E-state index contributed by atoms with van der Waals surface area (Å²) in [6.07, 6.45) is 3.18. The van der Waals surface area contributed by atoms with Crippen LogP contribution in [0.3, 0.4) is 0 Å². The lowest BCUT2D eigenvalue weighted by atomic mass is 10.0. The van der Waals surface area contributed by atoms with Crippen LogP contribution in [0, 0.1) is 0 Å². The molecular weight excluding hydrogens is 356 g/mol. The third-order valence-electron chi connectivity index (χ3n) is 4.63. The molecule has 0 aliphatic carbocycles. The van der Waals surface area contributed by atoms with Crippen molar-refractivity contribution in [3.05, 3.63) is 23.8 Å². The van der Waals surface area contributed by atoms with Crippen LogP contribution in [0.1, 0.15) is 32.3 Å². The van der Waals surface area contributed by atoms with Crippen molar-refractivity contribution < 1.29 is 22.7 Å². The van der Waals surface area contributed by atoms with E-state index >= 15 is 0 Å². The lowest BCUT2D eigenvalue weighted by Crippen LogP contribution is -2.47. The molecule has 2 aliphatic rings. The Balaban J connectivity index is 1.53. The van der Waals surface area contributed by atoms with E-state index in [2.05, 4.69) is 4.72 Å². The maximum absolute atomic E-state index is 12.4. The van der Waals surface area contributed by atoms with Crippen LogP contribution < -0.4 is 14.2 Å². The van der Waals surface area contributed by atoms with Gasteiger partial charge in [-0.2, -0.15) is 0 Å². The van der Waals surface area contributed by atoms with Crippen molar-refractivity contribution in [1.29, 1.82) is 0 Å². The topological polar surface area (TPSA) is 84.9 Å². The number of amides is 1. The van der Waals surface area contributed by atoms with Gasteiger partial charge in [-0.15, -0.1) is 0 Å². The molecule has 0 bridgehead atoms. The summed E-state index contributed by atoms with van der Waals surface area (Å²) < 4.78 is 36.9. The van der Waals surface area contributed by atoms with Crippen LogP contribution in [0.2, 0.25) is 0 Å². The van der Waals surface area contributed by atoms with Gasteiger partial charge >= 0.3 is 0 Å². The summed E-state index contributed by atoms with van der Waals surface area (Å²) in [6.45, 7) is 5.04. The van der Waals surface area contributed by atoms with E-state index in [0.717, 1.165) is 24.0 Å². The molecule has 0 radical (unpaired) electrons. The van der Waals surface area contributed by atoms with Crippen molar-refractivity contribution in [2.75, 3.05) is 26.0 Å². The zero-order valence-corrected chi connectivity index (χ0v) is 16.3. The molecule has 1 N–H and O–H groups in total. The second-order valence-corrected chi connectivity index (χ2v) is 9.40. The van der Waals surface area contributed by atoms with E-state index < -0.39 is 10.0 Å². The summed E-state index contributed by atoms with van der Waals surface area (Å²) in [5.41, 5.74) is 0.827. The Morgan fingerprint density at radius 2 is 2.04 bits per heavy atom. The number of carbonyl (C=O) groups excluding carboxylic acids is 1. The number of rotatable bonds is 5. The van der Waals surface area contributed by atoms with E-state index in [1.165, 1.54) is 0 Å². The Hall–Kier alpha value is -1.80. The minimum Gasteiger partial charge on any atom is -0.483 e. The molecule has 26 heavy (non-hydrogen) atoms. The fraction of sp³-hybridized carbons (Fsp3) is 0.611. The van der Waals surface area contributed by atoms with Crippen molar-refractivity contribution in [3.63, 3.8) is 0 Å². The van der Waals surface area contributed by atoms with Crippen LogP contribution in [0.5, 0.6) is 11.5 Å². The first kappa shape index (κ1) is 19.0. The van der Waals surface area contributed by atoms with Gasteiger partial charge in [0, 0.05) is 31.1 Å². The van der Waals surface area contributed by atoms with Gasteiger partial charge in [-0.05, 0) is 32.8 Å². The fourth-order valence-corrected chi connectivity index (χ4v) is 4.32. The predicted molar refractivity (Wildman–Crippen MR) is 97.9 cm³/mol. The van der Waals surface area contributed by atoms with Gasteiger partial charge in [-0.25, -0.2) is 13.1 Å². The molecular formula is C18H26N2O5S. The number of nitrogens with zero attached hydrogens (tertiary/aromatic N) is 1. The first-order valence-electron chi connectivity index (χ1n) is 8.82. The third kappa shape index (κ3) is 4.67. The molecule has 2 aliphatic heterocycles. The van der Waals surface area contributed by atoms with Crippen LogP contribution in [-0.4, -0.2) is 56.8 Å². The number of fused-ring (bicyclic) bond motifs is 1. The number of para-hydroxylation sites is 1. The molecule has 1 amide bonds. The van der Waals surface area contributed by atoms with Gasteiger partial charge in [-0.3, -0.25) is 4.79 Å². The van der Waals surface area contributed by atoms with Gasteiger partial charge < -0.3 is 14.4 Å². The van der Waals surface area contributed by atoms with Crippen molar-refractivity contribution in [2.24, 2.45) is 0 Å². The number of carbonyl (C=O) groups is 1. The normalized spacial score (nSPS) is 19.7. The van der Waals surface area contributed by atoms with Gasteiger partial charge in [-0.1, -0.05) is 12.1 Å². The van der Waals surface area contributed by atoms with Crippen LogP contribution >= 0.6 is 0 Å². The molecule has 0 atom stereocenters. The standard InChI is InChI=1S/C18H26N2O5S/c1-18(2)11-13-5-4-6-15(17(13)25-18)24-12-16(21)20-9-7-14(8-10-20)19-26(3,22)23/h4-6,14,19H,7-12H2,1-3H3. The second-order valence-electron chi connectivity index (χ2n) is 7.62. The number of sulfonamides is 1. The number of benzene rings is 1. The molecule has 1 saturated heterocycles. The van der Waals surface area contributed by atoms with E-state index in [1.54, 1.807) is 4.90 Å². The number of ether oxygens (including phenoxy) is 2. The molecule has 0 spiro atoms. The number of hydrogen-bond donors (Lipinski definition) is 1. The van der Waals surface area contributed by atoms with Crippen molar-refractivity contribution in [2.45, 2.75) is 44.8 Å². The van der Waals surface area contributed by atoms with Gasteiger partial charge in [0.2, 0.25) is 10.0 Å². The summed E-state index contributed by atoms with van der Waals surface area (Å²) in [4.78, 5) is 14.1. The monoisotopic (exact) mass is 382 g/mol. The minimum atomic E-state index is -3.22. The van der Waals surface area contributed by atoms with Gasteiger partial charge in [0.15, 0.2) is 18.1 Å². The Morgan fingerprint density at radius 1 is 1.35 bits per heavy atom. The SMILES string of the molecule is CC1(C)Cc2cccc(OCC(=O)N3CCC(NS(C)(=O)=O)CC3)c2O1. The predicted octanol–water partition coefficient (Wildman–Crippen LogP) is 1.32. The molecule has 7 nitrogen and oxygen atoms in total. The zero-order valence-electron chi connectivity index (χ0n) is 15.4. The molecule has 144 valence electrons. The zero-order chi connectivity index (χ0) is 18.9. The highest BCUT2D eigenvalue weighted by Crippen LogP contribution is 2.41. The first-order valence-corrected chi connectivity index (χ1v) is 10.7. The van der Waals surface area contributed by atoms with Crippen LogP contribution in [0.15, 0.2) is 18.2 Å². The number of likely N-dealkylation sites (tertiary alicyclic amines) is 1. The molecule has 3 rings (SSSR count). The lowest BCUT2D eigenvalue weighted by molar-refractivity contribution is -0.134. The maximum Gasteiger partial charge on any atom is 0.260 e. The lowest BCUT2D eigenvalue weighted by Gasteiger charge is -2.32. The summed E-state index contributed by atoms with van der Waals surface area (Å²) in [6, 6.07) is 5.63. The number of piperidine rings is 1. The molecule has 8 heteroatoms. The molecule has 0 saturated carbocycles. The van der Waals surface area contributed by atoms with E-state index in [4.69, 9.17) is 9.47 Å². The minimum absolute atomic E-state index is 0.0512. The number of hydrogen-bond acceptors (Lipinski definition) is 5. The second kappa shape index (κ2) is 7.08. The van der Waals surface area contributed by atoms with Crippen molar-refractivity contribution >= 4 is 15.9 Å². The molecule has 0 aromatic heterocycles. The van der Waals surface area contributed by atoms with Gasteiger partial charge in [0.05, 0.1) is 6.26 Å². The highest BCUT2D eigenvalue weighted by molar-refractivity contribution is 7.88. The summed E-state index contributed by atoms with van der Waals surface area (Å²) in [7, 11) is -3.22. The largest absolute Gasteiger partial charge is 0.483 e. The van der Waals surface area contributed by atoms with Crippen LogP contribution in [0.4, 0.5) is 0 Å². The highest BCUT2D eigenvalue weighted by atomic mass is 32.2. The average molecular weight is 382 g/mol. The average Bonchev–Trinajstić information content (AvgIpc) is 2.86. The summed E-state index contributed by atoms with van der Waals surface area (Å²) >= 11 is 0. The molecule has 1 aromatic rings. The summed E-state index contributed by atoms with van der Waals surface area (Å²) in [5, 5.41) is 0. The Morgan fingerprint density at radius 3 is 2.69 bits per heavy atom. The smallest absolute Gasteiger partial charge is 0.260 e. The Bertz CT molecular complexity index is 783. The van der Waals surface area contributed by atoms with Gasteiger partial charge in [0.25, 0.3) is 5.91 Å². The van der Waals surface area contributed by atoms with E-state index in [9.17, 15) is 13.2 Å². The quantitative estimate of drug-likeness (QED) is 0.830. The first-order chi connectivity index (χ1) is 12.1. The van der Waals surface area contributed by atoms with Gasteiger partial charge in [0.1, 0.15) is 5.60 Å². The maximum atomic E-state index is 12.4. The van der Waals surface area contributed by atoms with E-state index in [0.29, 0.717) is 31.7 Å².